The Kier molecular flexibility index (Phi) is 4.86. The highest BCUT2D eigenvalue weighted by Crippen LogP contribution is 2.32. The van der Waals surface area contributed by atoms with Crippen molar-refractivity contribution in [1.29, 1.82) is 0 Å². The lowest BCUT2D eigenvalue weighted by Gasteiger charge is -2.13. The molecule has 0 saturated heterocycles. The summed E-state index contributed by atoms with van der Waals surface area (Å²) in [4.78, 5) is 1.14. The average molecular weight is 350 g/mol. The number of hydrogen-bond donors (Lipinski definition) is 0. The normalized spacial score (nSPS) is 11.3. The second-order valence-corrected chi connectivity index (χ2v) is 7.42. The van der Waals surface area contributed by atoms with E-state index in [2.05, 4.69) is 40.1 Å². The first-order valence-electron chi connectivity index (χ1n) is 7.02. The van der Waals surface area contributed by atoms with E-state index < -0.39 is 0 Å². The van der Waals surface area contributed by atoms with Crippen LogP contribution in [0.3, 0.4) is 0 Å². The van der Waals surface area contributed by atoms with Gasteiger partial charge in [0, 0.05) is 16.8 Å². The molecule has 0 amide bonds. The van der Waals surface area contributed by atoms with Gasteiger partial charge in [0.2, 0.25) is 0 Å². The van der Waals surface area contributed by atoms with Crippen LogP contribution in [0.15, 0.2) is 46.9 Å². The summed E-state index contributed by atoms with van der Waals surface area (Å²) in [6.45, 7) is 4.31. The van der Waals surface area contributed by atoms with Gasteiger partial charge in [0.1, 0.15) is 0 Å². The number of thiophene rings is 1. The van der Waals surface area contributed by atoms with Crippen LogP contribution >= 0.6 is 34.7 Å². The van der Waals surface area contributed by atoms with Crippen molar-refractivity contribution in [3.63, 3.8) is 0 Å². The molecule has 0 aliphatic carbocycles. The zero-order valence-corrected chi connectivity index (χ0v) is 14.8. The van der Waals surface area contributed by atoms with Crippen molar-refractivity contribution in [1.82, 2.24) is 14.8 Å². The van der Waals surface area contributed by atoms with Gasteiger partial charge in [-0.25, -0.2) is 0 Å². The van der Waals surface area contributed by atoms with Crippen LogP contribution in [0.4, 0.5) is 0 Å². The van der Waals surface area contributed by atoms with Gasteiger partial charge >= 0.3 is 0 Å². The standard InChI is InChI=1S/C16H16ClN3S2/c1-11(2)20-15(14-8-5-9-21-14)18-19-16(20)22-10-12-6-3-4-7-13(12)17/h3-9,11H,10H2,1-2H3. The second kappa shape index (κ2) is 6.86. The first-order chi connectivity index (χ1) is 10.7. The lowest BCUT2D eigenvalue weighted by atomic mass is 10.2. The van der Waals surface area contributed by atoms with Crippen LogP contribution < -0.4 is 0 Å². The van der Waals surface area contributed by atoms with E-state index in [4.69, 9.17) is 11.6 Å². The van der Waals surface area contributed by atoms with E-state index in [1.54, 1.807) is 23.1 Å². The van der Waals surface area contributed by atoms with Crippen LogP contribution in [-0.2, 0) is 5.75 Å². The number of aromatic nitrogens is 3. The summed E-state index contributed by atoms with van der Waals surface area (Å²) in [5.74, 6) is 1.72. The molecule has 3 aromatic rings. The van der Waals surface area contributed by atoms with Crippen LogP contribution in [0.1, 0.15) is 25.5 Å². The van der Waals surface area contributed by atoms with Crippen LogP contribution in [0.25, 0.3) is 10.7 Å². The lowest BCUT2D eigenvalue weighted by Crippen LogP contribution is -2.04. The Hall–Kier alpha value is -1.30. The Labute approximate surface area is 143 Å². The Morgan fingerprint density at radius 3 is 2.68 bits per heavy atom. The third kappa shape index (κ3) is 3.21. The predicted octanol–water partition coefficient (Wildman–Crippen LogP) is 5.53. The van der Waals surface area contributed by atoms with E-state index in [-0.39, 0.29) is 0 Å². The lowest BCUT2D eigenvalue weighted by molar-refractivity contribution is 0.555. The molecule has 0 spiro atoms. The Balaban J connectivity index is 1.87. The highest BCUT2D eigenvalue weighted by atomic mass is 35.5. The second-order valence-electron chi connectivity index (χ2n) is 5.13. The molecule has 1 aromatic carbocycles. The molecule has 0 fully saturated rings. The van der Waals surface area contributed by atoms with E-state index in [1.165, 1.54) is 0 Å². The molecule has 22 heavy (non-hydrogen) atoms. The molecule has 0 saturated carbocycles. The van der Waals surface area contributed by atoms with E-state index >= 15 is 0 Å². The molecule has 0 unspecified atom stereocenters. The van der Waals surface area contributed by atoms with Crippen LogP contribution in [0.5, 0.6) is 0 Å². The van der Waals surface area contributed by atoms with E-state index in [0.29, 0.717) is 6.04 Å². The van der Waals surface area contributed by atoms with E-state index in [1.807, 2.05) is 30.3 Å². The van der Waals surface area contributed by atoms with Gasteiger partial charge in [-0.05, 0) is 36.9 Å². The predicted molar refractivity (Wildman–Crippen MR) is 94.7 cm³/mol. The largest absolute Gasteiger partial charge is 0.299 e. The van der Waals surface area contributed by atoms with Crippen LogP contribution in [-0.4, -0.2) is 14.8 Å². The minimum Gasteiger partial charge on any atom is -0.299 e. The van der Waals surface area contributed by atoms with Crippen LogP contribution in [0.2, 0.25) is 5.02 Å². The smallest absolute Gasteiger partial charge is 0.192 e. The fraction of sp³-hybridized carbons (Fsp3) is 0.250. The van der Waals surface area contributed by atoms with Crippen molar-refractivity contribution in [2.45, 2.75) is 30.8 Å². The Bertz CT molecular complexity index is 751. The molecule has 6 heteroatoms. The maximum Gasteiger partial charge on any atom is 0.192 e. The third-order valence-electron chi connectivity index (χ3n) is 3.24. The van der Waals surface area contributed by atoms with E-state index in [0.717, 1.165) is 32.2 Å². The number of hydrogen-bond acceptors (Lipinski definition) is 4. The third-order valence-corrected chi connectivity index (χ3v) is 5.46. The van der Waals surface area contributed by atoms with Gasteiger partial charge in [0.05, 0.1) is 4.88 Å². The monoisotopic (exact) mass is 349 g/mol. The Morgan fingerprint density at radius 1 is 1.18 bits per heavy atom. The van der Waals surface area contributed by atoms with Gasteiger partial charge in [0.15, 0.2) is 11.0 Å². The number of benzene rings is 1. The fourth-order valence-corrected chi connectivity index (χ4v) is 4.23. The molecule has 0 aliphatic rings. The number of rotatable bonds is 5. The molecule has 0 bridgehead atoms. The molecule has 0 N–H and O–H groups in total. The maximum atomic E-state index is 6.22. The molecular weight excluding hydrogens is 334 g/mol. The Morgan fingerprint density at radius 2 is 2.00 bits per heavy atom. The summed E-state index contributed by atoms with van der Waals surface area (Å²) in [7, 11) is 0. The fourth-order valence-electron chi connectivity index (χ4n) is 2.17. The zero-order chi connectivity index (χ0) is 15.5. The molecule has 3 rings (SSSR count). The number of nitrogens with zero attached hydrogens (tertiary/aromatic N) is 3. The van der Waals surface area contributed by atoms with E-state index in [9.17, 15) is 0 Å². The number of halogens is 1. The maximum absolute atomic E-state index is 6.22. The molecule has 0 atom stereocenters. The van der Waals surface area contributed by atoms with Crippen molar-refractivity contribution in [2.24, 2.45) is 0 Å². The van der Waals surface area contributed by atoms with Gasteiger partial charge in [0.25, 0.3) is 0 Å². The first-order valence-corrected chi connectivity index (χ1v) is 9.26. The molecule has 2 aromatic heterocycles. The summed E-state index contributed by atoms with van der Waals surface area (Å²) in [5, 5.41) is 12.5. The summed E-state index contributed by atoms with van der Waals surface area (Å²) in [6, 6.07) is 12.3. The van der Waals surface area contributed by atoms with Gasteiger partial charge in [-0.1, -0.05) is 47.6 Å². The minimum atomic E-state index is 0.306. The topological polar surface area (TPSA) is 30.7 Å². The zero-order valence-electron chi connectivity index (χ0n) is 12.4. The molecule has 3 nitrogen and oxygen atoms in total. The van der Waals surface area contributed by atoms with Gasteiger partial charge < -0.3 is 0 Å². The molecular formula is C16H16ClN3S2. The van der Waals surface area contributed by atoms with Crippen molar-refractivity contribution >= 4 is 34.7 Å². The van der Waals surface area contributed by atoms with Gasteiger partial charge in [-0.3, -0.25) is 4.57 Å². The number of thioether (sulfide) groups is 1. The molecule has 0 aliphatic heterocycles. The SMILES string of the molecule is CC(C)n1c(SCc2ccccc2Cl)nnc1-c1cccs1. The van der Waals surface area contributed by atoms with Crippen molar-refractivity contribution in [2.75, 3.05) is 0 Å². The van der Waals surface area contributed by atoms with Crippen molar-refractivity contribution in [3.05, 3.63) is 52.4 Å². The summed E-state index contributed by atoms with van der Waals surface area (Å²) >= 11 is 9.58. The average Bonchev–Trinajstić information content (AvgIpc) is 3.15. The highest BCUT2D eigenvalue weighted by molar-refractivity contribution is 7.98. The molecule has 0 radical (unpaired) electrons. The quantitative estimate of drug-likeness (QED) is 0.567. The summed E-state index contributed by atoms with van der Waals surface area (Å²) in [6.07, 6.45) is 0. The van der Waals surface area contributed by atoms with Gasteiger partial charge in [-0.2, -0.15) is 0 Å². The van der Waals surface area contributed by atoms with Crippen molar-refractivity contribution in [3.8, 4) is 10.7 Å². The summed E-state index contributed by atoms with van der Waals surface area (Å²) < 4.78 is 2.19. The van der Waals surface area contributed by atoms with Gasteiger partial charge in [-0.15, -0.1) is 21.5 Å². The highest BCUT2D eigenvalue weighted by Gasteiger charge is 2.17. The first kappa shape index (κ1) is 15.6. The molecule has 2 heterocycles. The van der Waals surface area contributed by atoms with Crippen molar-refractivity contribution < 1.29 is 0 Å². The van der Waals surface area contributed by atoms with Crippen LogP contribution in [0, 0.1) is 0 Å². The summed E-state index contributed by atoms with van der Waals surface area (Å²) in [5.41, 5.74) is 1.12. The minimum absolute atomic E-state index is 0.306. The molecule has 114 valence electrons.